The summed E-state index contributed by atoms with van der Waals surface area (Å²) in [5.74, 6) is 3.31. The van der Waals surface area contributed by atoms with E-state index in [0.29, 0.717) is 48.3 Å². The van der Waals surface area contributed by atoms with Crippen LogP contribution in [-0.2, 0) is 6.54 Å². The number of ether oxygens (including phenoxy) is 4. The Labute approximate surface area is 245 Å². The molecule has 12 heteroatoms. The number of rotatable bonds is 13. The summed E-state index contributed by atoms with van der Waals surface area (Å²) < 4.78 is 25.2. The maximum absolute atomic E-state index is 10.7. The summed E-state index contributed by atoms with van der Waals surface area (Å²) in [6, 6.07) is 19.2. The lowest BCUT2D eigenvalue weighted by atomic mass is 10.1. The summed E-state index contributed by atoms with van der Waals surface area (Å²) >= 11 is 5.23. The van der Waals surface area contributed by atoms with E-state index in [4.69, 9.17) is 18.9 Å². The fourth-order valence-electron chi connectivity index (χ4n) is 4.13. The molecule has 2 heterocycles. The van der Waals surface area contributed by atoms with Crippen molar-refractivity contribution in [3.05, 3.63) is 76.3 Å². The van der Waals surface area contributed by atoms with Crippen LogP contribution in [-0.4, -0.2) is 64.5 Å². The number of halogens is 1. The van der Waals surface area contributed by atoms with Gasteiger partial charge in [0, 0.05) is 12.3 Å². The molecule has 0 bridgehead atoms. The number of hydrogen-bond acceptors (Lipinski definition) is 10. The second kappa shape index (κ2) is 13.8. The third-order valence-corrected chi connectivity index (χ3v) is 7.72. The van der Waals surface area contributed by atoms with Crippen LogP contribution < -0.4 is 24.3 Å². The molecule has 0 saturated carbocycles. The molecule has 0 fully saturated rings. The summed E-state index contributed by atoms with van der Waals surface area (Å²) in [5.41, 5.74) is 2.68. The molecule has 1 unspecified atom stereocenters. The molecule has 1 aliphatic rings. The number of aliphatic hydroxyl groups is 1. The third-order valence-electron chi connectivity index (χ3n) is 6.13. The lowest BCUT2D eigenvalue weighted by Crippen LogP contribution is -2.17. The van der Waals surface area contributed by atoms with Crippen molar-refractivity contribution in [3.8, 4) is 28.7 Å². The van der Waals surface area contributed by atoms with Crippen LogP contribution in [0.3, 0.4) is 0 Å². The van der Waals surface area contributed by atoms with E-state index in [0.717, 1.165) is 39.6 Å². The molecular weight excluding hydrogens is 598 g/mol. The summed E-state index contributed by atoms with van der Waals surface area (Å²) in [6.45, 7) is 2.57. The number of fused-ring (bicyclic) bond motifs is 1. The Morgan fingerprint density at radius 1 is 1.10 bits per heavy atom. The van der Waals surface area contributed by atoms with Crippen LogP contribution in [0.2, 0.25) is 0 Å². The van der Waals surface area contributed by atoms with Gasteiger partial charge in [0.25, 0.3) is 0 Å². The van der Waals surface area contributed by atoms with Crippen LogP contribution in [0.25, 0.3) is 5.69 Å². The quantitative estimate of drug-likeness (QED) is 0.161. The first-order valence-electron chi connectivity index (χ1n) is 12.9. The first-order chi connectivity index (χ1) is 19.6. The summed E-state index contributed by atoms with van der Waals surface area (Å²) in [7, 11) is 1.60. The number of tetrazole rings is 1. The van der Waals surface area contributed by atoms with Crippen LogP contribution in [0.1, 0.15) is 23.7 Å². The maximum Gasteiger partial charge on any atom is 0.214 e. The molecule has 2 N–H and O–H groups in total. The van der Waals surface area contributed by atoms with Gasteiger partial charge in [0.1, 0.15) is 25.9 Å². The van der Waals surface area contributed by atoms with Crippen LogP contribution >= 0.6 is 27.7 Å². The van der Waals surface area contributed by atoms with E-state index in [1.54, 1.807) is 35.7 Å². The van der Waals surface area contributed by atoms with E-state index in [1.807, 2.05) is 48.5 Å². The highest BCUT2D eigenvalue weighted by Crippen LogP contribution is 2.38. The van der Waals surface area contributed by atoms with Gasteiger partial charge in [-0.15, -0.1) is 5.10 Å². The van der Waals surface area contributed by atoms with Gasteiger partial charge in [-0.3, -0.25) is 0 Å². The SMILES string of the molecule is COc1cc(CNCCCSc2nnnn2-c2ccccc2)cc(Br)c1OCC(O)c1ccc2c(c1)OCCO2. The highest BCUT2D eigenvalue weighted by molar-refractivity contribution is 9.10. The number of thioether (sulfide) groups is 1. The van der Waals surface area contributed by atoms with Crippen molar-refractivity contribution >= 4 is 27.7 Å². The smallest absolute Gasteiger partial charge is 0.214 e. The number of hydrogen-bond donors (Lipinski definition) is 2. The van der Waals surface area contributed by atoms with Crippen LogP contribution in [0.4, 0.5) is 0 Å². The normalized spacial score (nSPS) is 13.2. The van der Waals surface area contributed by atoms with Gasteiger partial charge < -0.3 is 29.4 Å². The van der Waals surface area contributed by atoms with E-state index in [9.17, 15) is 5.11 Å². The molecular formula is C28H30BrN5O5S. The zero-order valence-corrected chi connectivity index (χ0v) is 24.4. The molecule has 1 aliphatic heterocycles. The number of aromatic nitrogens is 4. The minimum atomic E-state index is -0.844. The fraction of sp³-hybridized carbons (Fsp3) is 0.321. The van der Waals surface area contributed by atoms with Gasteiger partial charge in [-0.1, -0.05) is 36.0 Å². The van der Waals surface area contributed by atoms with Crippen molar-refractivity contribution < 1.29 is 24.1 Å². The average Bonchev–Trinajstić information content (AvgIpc) is 3.46. The van der Waals surface area contributed by atoms with E-state index in [1.165, 1.54) is 0 Å². The number of methoxy groups -OCH3 is 1. The van der Waals surface area contributed by atoms with E-state index in [2.05, 4.69) is 36.8 Å². The Morgan fingerprint density at radius 3 is 2.75 bits per heavy atom. The molecule has 0 radical (unpaired) electrons. The Hall–Kier alpha value is -3.32. The van der Waals surface area contributed by atoms with Crippen LogP contribution in [0.15, 0.2) is 70.3 Å². The minimum Gasteiger partial charge on any atom is -0.493 e. The molecule has 210 valence electrons. The minimum absolute atomic E-state index is 0.0530. The predicted molar refractivity (Wildman–Crippen MR) is 155 cm³/mol. The standard InChI is InChI=1S/C28H30BrN5O5S/c1-36-26-15-19(17-30-10-5-13-40-28-31-32-33-34(28)21-6-3-2-4-7-21)14-22(29)27(26)39-18-23(35)20-8-9-24-25(16-20)38-12-11-37-24/h2-4,6-9,14-16,23,30,35H,5,10-13,17-18H2,1H3. The second-order valence-electron chi connectivity index (χ2n) is 8.93. The Kier molecular flexibility index (Phi) is 9.76. The predicted octanol–water partition coefficient (Wildman–Crippen LogP) is 4.59. The van der Waals surface area contributed by atoms with Crippen molar-refractivity contribution in [1.29, 1.82) is 0 Å². The molecule has 0 aliphatic carbocycles. The monoisotopic (exact) mass is 627 g/mol. The number of nitrogens with one attached hydrogen (secondary N) is 1. The molecule has 40 heavy (non-hydrogen) atoms. The number of aliphatic hydroxyl groups excluding tert-OH is 1. The number of para-hydroxylation sites is 1. The molecule has 4 aromatic rings. The summed E-state index contributed by atoms with van der Waals surface area (Å²) in [6.07, 6.45) is 0.104. The molecule has 5 rings (SSSR count). The first-order valence-corrected chi connectivity index (χ1v) is 14.6. The number of nitrogens with zero attached hydrogens (tertiary/aromatic N) is 4. The largest absolute Gasteiger partial charge is 0.493 e. The molecule has 10 nitrogen and oxygen atoms in total. The van der Waals surface area contributed by atoms with Crippen LogP contribution in [0.5, 0.6) is 23.0 Å². The third kappa shape index (κ3) is 7.05. The Balaban J connectivity index is 1.09. The zero-order chi connectivity index (χ0) is 27.7. The van der Waals surface area contributed by atoms with Crippen molar-refractivity contribution in [2.45, 2.75) is 24.2 Å². The highest BCUT2D eigenvalue weighted by atomic mass is 79.9. The molecule has 0 spiro atoms. The topological polar surface area (TPSA) is 113 Å². The van der Waals surface area contributed by atoms with E-state index >= 15 is 0 Å². The summed E-state index contributed by atoms with van der Waals surface area (Å²) in [5, 5.41) is 27.0. The summed E-state index contributed by atoms with van der Waals surface area (Å²) in [4.78, 5) is 0. The van der Waals surface area contributed by atoms with Gasteiger partial charge in [0.05, 0.1) is 17.3 Å². The Morgan fingerprint density at radius 2 is 1.93 bits per heavy atom. The highest BCUT2D eigenvalue weighted by Gasteiger charge is 2.18. The second-order valence-corrected chi connectivity index (χ2v) is 10.8. The van der Waals surface area contributed by atoms with Crippen molar-refractivity contribution in [2.75, 3.05) is 39.2 Å². The first kappa shape index (κ1) is 28.2. The van der Waals surface area contributed by atoms with E-state index < -0.39 is 6.10 Å². The maximum atomic E-state index is 10.7. The lowest BCUT2D eigenvalue weighted by Gasteiger charge is -2.21. The van der Waals surface area contributed by atoms with Gasteiger partial charge in [-0.25, -0.2) is 0 Å². The fourth-order valence-corrected chi connectivity index (χ4v) is 5.57. The van der Waals surface area contributed by atoms with Gasteiger partial charge in [0.15, 0.2) is 23.0 Å². The molecule has 0 amide bonds. The van der Waals surface area contributed by atoms with Crippen LogP contribution in [0, 0.1) is 0 Å². The van der Waals surface area contributed by atoms with Gasteiger partial charge in [-0.2, -0.15) is 4.68 Å². The number of benzene rings is 3. The molecule has 1 aromatic heterocycles. The van der Waals surface area contributed by atoms with Crippen molar-refractivity contribution in [3.63, 3.8) is 0 Å². The van der Waals surface area contributed by atoms with Crippen molar-refractivity contribution in [1.82, 2.24) is 25.5 Å². The van der Waals surface area contributed by atoms with Gasteiger partial charge in [0.2, 0.25) is 5.16 Å². The lowest BCUT2D eigenvalue weighted by molar-refractivity contribution is 0.105. The Bertz CT molecular complexity index is 1410. The van der Waals surface area contributed by atoms with Gasteiger partial charge in [-0.05, 0) is 86.8 Å². The molecule has 3 aromatic carbocycles. The average molecular weight is 629 g/mol. The molecule has 0 saturated heterocycles. The zero-order valence-electron chi connectivity index (χ0n) is 22.0. The molecule has 1 atom stereocenters. The van der Waals surface area contributed by atoms with Gasteiger partial charge >= 0.3 is 0 Å². The van der Waals surface area contributed by atoms with Crippen molar-refractivity contribution in [2.24, 2.45) is 0 Å². The van der Waals surface area contributed by atoms with E-state index in [-0.39, 0.29) is 6.61 Å².